The molecule has 180 valence electrons. The second-order valence-electron chi connectivity index (χ2n) is 8.31. The fourth-order valence-corrected chi connectivity index (χ4v) is 3.83. The highest BCUT2D eigenvalue weighted by Crippen LogP contribution is 2.21. The number of halogens is 1. The number of amides is 3. The minimum atomic E-state index is -0.568. The van der Waals surface area contributed by atoms with Crippen LogP contribution < -0.4 is 10.6 Å². The van der Waals surface area contributed by atoms with E-state index in [2.05, 4.69) is 15.6 Å². The van der Waals surface area contributed by atoms with Gasteiger partial charge in [0, 0.05) is 49.5 Å². The molecule has 2 N–H and O–H groups in total. The Kier molecular flexibility index (Phi) is 7.47. The van der Waals surface area contributed by atoms with Crippen molar-refractivity contribution in [2.24, 2.45) is 0 Å². The summed E-state index contributed by atoms with van der Waals surface area (Å²) in [4.78, 5) is 44.9. The van der Waals surface area contributed by atoms with Gasteiger partial charge in [-0.15, -0.1) is 0 Å². The monoisotopic (exact) mass is 475 g/mol. The maximum absolute atomic E-state index is 15.1. The number of rotatable bonds is 6. The molecular formula is C26H26FN5O3. The zero-order chi connectivity index (χ0) is 24.8. The molecule has 35 heavy (non-hydrogen) atoms. The molecule has 0 bridgehead atoms. The molecule has 1 aliphatic heterocycles. The van der Waals surface area contributed by atoms with E-state index < -0.39 is 23.5 Å². The molecular weight excluding hydrogens is 449 g/mol. The first kappa shape index (κ1) is 24.0. The standard InChI is InChI=1S/C26H26FN5O3/c1-18-10-11-21(16-28-18)29-26(35)30-22-9-5-8-20(23(22)27)17-31-12-14-32(15-13-31)25(34)24(33)19-6-3-2-4-7-19/h2-11,16H,12-15,17H2,1H3,(H2,29,30,35). The first-order valence-corrected chi connectivity index (χ1v) is 11.3. The summed E-state index contributed by atoms with van der Waals surface area (Å²) >= 11 is 0. The van der Waals surface area contributed by atoms with E-state index in [1.165, 1.54) is 17.2 Å². The number of benzene rings is 2. The molecule has 0 spiro atoms. The van der Waals surface area contributed by atoms with Crippen LogP contribution in [0.2, 0.25) is 0 Å². The molecule has 1 saturated heterocycles. The molecule has 0 aliphatic carbocycles. The SMILES string of the molecule is Cc1ccc(NC(=O)Nc2cccc(CN3CCN(C(=O)C(=O)c4ccccc4)CC3)c2F)cn1. The summed E-state index contributed by atoms with van der Waals surface area (Å²) in [6.45, 7) is 3.93. The van der Waals surface area contributed by atoms with E-state index in [-0.39, 0.29) is 5.69 Å². The molecule has 2 aromatic carbocycles. The second kappa shape index (κ2) is 10.9. The fraction of sp³-hybridized carbons (Fsp3) is 0.231. The van der Waals surface area contributed by atoms with E-state index in [0.29, 0.717) is 49.5 Å². The Labute approximate surface area is 202 Å². The lowest BCUT2D eigenvalue weighted by molar-refractivity contribution is -0.128. The van der Waals surface area contributed by atoms with Crippen LogP contribution in [0.1, 0.15) is 21.6 Å². The number of ketones is 1. The quantitative estimate of drug-likeness (QED) is 0.419. The van der Waals surface area contributed by atoms with Crippen molar-refractivity contribution < 1.29 is 18.8 Å². The summed E-state index contributed by atoms with van der Waals surface area (Å²) in [5.74, 6) is -1.56. The van der Waals surface area contributed by atoms with Crippen LogP contribution in [0.4, 0.5) is 20.6 Å². The Morgan fingerprint density at radius 1 is 0.914 bits per heavy atom. The summed E-state index contributed by atoms with van der Waals surface area (Å²) in [5, 5.41) is 5.17. The molecule has 1 fully saturated rings. The number of nitrogens with zero attached hydrogens (tertiary/aromatic N) is 3. The first-order chi connectivity index (χ1) is 16.9. The van der Waals surface area contributed by atoms with Gasteiger partial charge in [-0.1, -0.05) is 42.5 Å². The largest absolute Gasteiger partial charge is 0.333 e. The van der Waals surface area contributed by atoms with Gasteiger partial charge in [-0.3, -0.25) is 19.5 Å². The van der Waals surface area contributed by atoms with Crippen LogP contribution in [0.25, 0.3) is 0 Å². The Hall–Kier alpha value is -4.11. The van der Waals surface area contributed by atoms with Crippen LogP contribution in [0.3, 0.4) is 0 Å². The van der Waals surface area contributed by atoms with Gasteiger partial charge < -0.3 is 15.5 Å². The van der Waals surface area contributed by atoms with Crippen molar-refractivity contribution in [3.8, 4) is 0 Å². The predicted octanol–water partition coefficient (Wildman–Crippen LogP) is 3.70. The van der Waals surface area contributed by atoms with Gasteiger partial charge in [0.05, 0.1) is 17.6 Å². The van der Waals surface area contributed by atoms with Gasteiger partial charge in [-0.25, -0.2) is 9.18 Å². The van der Waals surface area contributed by atoms with Gasteiger partial charge in [0.15, 0.2) is 5.82 Å². The minimum Gasteiger partial charge on any atom is -0.333 e. The molecule has 4 rings (SSSR count). The van der Waals surface area contributed by atoms with E-state index in [0.717, 1.165) is 5.69 Å². The highest BCUT2D eigenvalue weighted by molar-refractivity contribution is 6.42. The van der Waals surface area contributed by atoms with Crippen molar-refractivity contribution in [2.45, 2.75) is 13.5 Å². The number of Topliss-reactive ketones (excluding diaryl/α,β-unsaturated/α-hetero) is 1. The van der Waals surface area contributed by atoms with Crippen molar-refractivity contribution in [1.82, 2.24) is 14.8 Å². The zero-order valence-electron chi connectivity index (χ0n) is 19.3. The van der Waals surface area contributed by atoms with Gasteiger partial charge in [0.2, 0.25) is 5.78 Å². The smallest absolute Gasteiger partial charge is 0.323 e. The summed E-state index contributed by atoms with van der Waals surface area (Å²) in [5.41, 5.74) is 2.20. The van der Waals surface area contributed by atoms with Crippen LogP contribution in [0.15, 0.2) is 66.9 Å². The number of aryl methyl sites for hydroxylation is 1. The zero-order valence-corrected chi connectivity index (χ0v) is 19.3. The van der Waals surface area contributed by atoms with Gasteiger partial charge >= 0.3 is 6.03 Å². The number of carbonyl (C=O) groups excluding carboxylic acids is 3. The lowest BCUT2D eigenvalue weighted by Gasteiger charge is -2.34. The number of anilines is 2. The summed E-state index contributed by atoms with van der Waals surface area (Å²) in [6.07, 6.45) is 1.53. The van der Waals surface area contributed by atoms with E-state index in [9.17, 15) is 14.4 Å². The molecule has 3 aromatic rings. The highest BCUT2D eigenvalue weighted by Gasteiger charge is 2.27. The Balaban J connectivity index is 1.32. The molecule has 3 amide bonds. The Morgan fingerprint density at radius 2 is 1.66 bits per heavy atom. The molecule has 0 unspecified atom stereocenters. The number of aromatic nitrogens is 1. The van der Waals surface area contributed by atoms with Crippen LogP contribution >= 0.6 is 0 Å². The average Bonchev–Trinajstić information content (AvgIpc) is 2.88. The molecule has 0 saturated carbocycles. The van der Waals surface area contributed by atoms with Gasteiger partial charge in [-0.2, -0.15) is 0 Å². The van der Waals surface area contributed by atoms with Crippen molar-refractivity contribution in [2.75, 3.05) is 36.8 Å². The molecule has 9 heteroatoms. The van der Waals surface area contributed by atoms with Crippen LogP contribution in [0.5, 0.6) is 0 Å². The summed E-state index contributed by atoms with van der Waals surface area (Å²) in [6, 6.07) is 16.2. The van der Waals surface area contributed by atoms with Crippen LogP contribution in [-0.2, 0) is 11.3 Å². The maximum Gasteiger partial charge on any atom is 0.323 e. The number of hydrogen-bond acceptors (Lipinski definition) is 5. The second-order valence-corrected chi connectivity index (χ2v) is 8.31. The molecule has 1 aliphatic rings. The van der Waals surface area contributed by atoms with Crippen LogP contribution in [0, 0.1) is 12.7 Å². The van der Waals surface area contributed by atoms with E-state index in [4.69, 9.17) is 0 Å². The average molecular weight is 476 g/mol. The number of nitrogens with one attached hydrogen (secondary N) is 2. The number of pyridine rings is 1. The third-order valence-corrected chi connectivity index (χ3v) is 5.78. The minimum absolute atomic E-state index is 0.0716. The molecule has 0 atom stereocenters. The molecule has 2 heterocycles. The van der Waals surface area contributed by atoms with E-state index in [1.54, 1.807) is 54.6 Å². The van der Waals surface area contributed by atoms with Gasteiger partial charge in [0.1, 0.15) is 0 Å². The molecule has 0 radical (unpaired) electrons. The van der Waals surface area contributed by atoms with Crippen LogP contribution in [-0.4, -0.2) is 58.7 Å². The number of urea groups is 1. The third kappa shape index (κ3) is 6.07. The molecule has 8 nitrogen and oxygen atoms in total. The molecule has 1 aromatic heterocycles. The lowest BCUT2D eigenvalue weighted by Crippen LogP contribution is -2.50. The maximum atomic E-state index is 15.1. The van der Waals surface area contributed by atoms with Crippen molar-refractivity contribution >= 4 is 29.1 Å². The Morgan fingerprint density at radius 3 is 2.34 bits per heavy atom. The first-order valence-electron chi connectivity index (χ1n) is 11.3. The predicted molar refractivity (Wildman–Crippen MR) is 131 cm³/mol. The van der Waals surface area contributed by atoms with E-state index in [1.807, 2.05) is 11.8 Å². The lowest BCUT2D eigenvalue weighted by atomic mass is 10.1. The highest BCUT2D eigenvalue weighted by atomic mass is 19.1. The van der Waals surface area contributed by atoms with Crippen molar-refractivity contribution in [3.63, 3.8) is 0 Å². The van der Waals surface area contributed by atoms with Gasteiger partial charge in [-0.05, 0) is 25.1 Å². The Bertz CT molecular complexity index is 1210. The number of carbonyl (C=O) groups is 3. The number of hydrogen-bond donors (Lipinski definition) is 2. The van der Waals surface area contributed by atoms with Crippen molar-refractivity contribution in [1.29, 1.82) is 0 Å². The number of piperazine rings is 1. The fourth-order valence-electron chi connectivity index (χ4n) is 3.83. The summed E-state index contributed by atoms with van der Waals surface area (Å²) < 4.78 is 15.1. The normalized spacial score (nSPS) is 13.8. The van der Waals surface area contributed by atoms with Gasteiger partial charge in [0.25, 0.3) is 5.91 Å². The van der Waals surface area contributed by atoms with Crippen molar-refractivity contribution in [3.05, 3.63) is 89.5 Å². The van der Waals surface area contributed by atoms with E-state index >= 15 is 4.39 Å². The summed E-state index contributed by atoms with van der Waals surface area (Å²) in [7, 11) is 0. The topological polar surface area (TPSA) is 94.6 Å². The third-order valence-electron chi connectivity index (χ3n) is 5.78.